The molecule has 20 aromatic rings. The molecule has 0 aliphatic carbocycles. The molecule has 20 rings (SSSR count). The minimum atomic E-state index is 0.848. The first-order chi connectivity index (χ1) is 50.5. The molecule has 0 spiro atoms. The third-order valence-electron chi connectivity index (χ3n) is 20.5. The highest BCUT2D eigenvalue weighted by atomic mass is 16.3. The molecule has 0 aliphatic heterocycles. The fourth-order valence-electron chi connectivity index (χ4n) is 15.6. The van der Waals surface area contributed by atoms with E-state index in [2.05, 4.69) is 371 Å². The summed E-state index contributed by atoms with van der Waals surface area (Å²) in [7, 11) is 0. The largest absolute Gasteiger partial charge is 0.456 e. The average Bonchev–Trinajstić information content (AvgIpc) is 1.58. The molecule has 16 aromatic carbocycles. The van der Waals surface area contributed by atoms with Crippen LogP contribution in [0.1, 0.15) is 0 Å². The molecular weight excluding hydrogens is 1240 g/mol. The zero-order valence-electron chi connectivity index (χ0n) is 55.4. The van der Waals surface area contributed by atoms with Crippen LogP contribution in [-0.4, -0.2) is 9.13 Å². The molecule has 0 radical (unpaired) electrons. The van der Waals surface area contributed by atoms with Crippen molar-refractivity contribution in [2.75, 3.05) is 9.80 Å². The summed E-state index contributed by atoms with van der Waals surface area (Å²) < 4.78 is 17.6. The highest BCUT2D eigenvalue weighted by Gasteiger charge is 2.21. The standard InChI is InChI=1S/C96H62N4O2/c1-2-17-63(18-3-1)64-35-44-73(45-36-64)97(79-53-56-95-88(61-79)85-29-8-13-34-94(85)101-95)74-48-39-66(40-49-74)71-22-16-24-78(59-71)100-91-32-11-6-27-83(91)87-60-72(43-55-92(87)100)69-20-14-19-68(57-69)65-37-46-75(47-38-65)98(80-52-54-86-84-28-7-12-33-93(84)102-96(86)62-80)76-50-41-67(42-51-76)70-21-15-23-77(58-70)99-89-30-9-4-25-81(89)82-26-5-10-31-90(82)99/h1-62H. The molecule has 6 heteroatoms. The Kier molecular flexibility index (Phi) is 13.8. The highest BCUT2D eigenvalue weighted by Crippen LogP contribution is 2.45. The van der Waals surface area contributed by atoms with Crippen LogP contribution in [0.25, 0.3) is 154 Å². The van der Waals surface area contributed by atoms with E-state index in [1.54, 1.807) is 0 Å². The molecule has 6 nitrogen and oxygen atoms in total. The number of hydrogen-bond donors (Lipinski definition) is 0. The van der Waals surface area contributed by atoms with Gasteiger partial charge in [0.15, 0.2) is 0 Å². The molecule has 4 heterocycles. The van der Waals surface area contributed by atoms with Crippen LogP contribution in [0.3, 0.4) is 0 Å². The third-order valence-corrected chi connectivity index (χ3v) is 20.5. The molecule has 0 amide bonds. The van der Waals surface area contributed by atoms with Gasteiger partial charge in [-0.15, -0.1) is 0 Å². The number of fused-ring (bicyclic) bond motifs is 12. The van der Waals surface area contributed by atoms with Gasteiger partial charge in [-0.05, 0) is 207 Å². The van der Waals surface area contributed by atoms with Gasteiger partial charge in [-0.25, -0.2) is 0 Å². The van der Waals surface area contributed by atoms with E-state index < -0.39 is 0 Å². The van der Waals surface area contributed by atoms with Crippen LogP contribution < -0.4 is 9.80 Å². The van der Waals surface area contributed by atoms with Crippen molar-refractivity contribution in [2.45, 2.75) is 0 Å². The molecule has 0 fully saturated rings. The predicted octanol–water partition coefficient (Wildman–Crippen LogP) is 27.0. The zero-order chi connectivity index (χ0) is 67.2. The van der Waals surface area contributed by atoms with Gasteiger partial charge in [0.25, 0.3) is 0 Å². The van der Waals surface area contributed by atoms with E-state index in [4.69, 9.17) is 8.83 Å². The van der Waals surface area contributed by atoms with Crippen LogP contribution in [-0.2, 0) is 0 Å². The van der Waals surface area contributed by atoms with Crippen molar-refractivity contribution in [1.29, 1.82) is 0 Å². The molecule has 0 aliphatic rings. The summed E-state index contributed by atoms with van der Waals surface area (Å²) in [5, 5.41) is 9.30. The Hall–Kier alpha value is -13.7. The molecule has 0 atom stereocenters. The maximum Gasteiger partial charge on any atom is 0.137 e. The van der Waals surface area contributed by atoms with Crippen molar-refractivity contribution in [2.24, 2.45) is 0 Å². The van der Waals surface area contributed by atoms with Gasteiger partial charge in [-0.2, -0.15) is 0 Å². The number of nitrogens with zero attached hydrogens (tertiary/aromatic N) is 4. The van der Waals surface area contributed by atoms with Gasteiger partial charge in [0.2, 0.25) is 0 Å². The maximum absolute atomic E-state index is 6.52. The van der Waals surface area contributed by atoms with Crippen LogP contribution in [0.5, 0.6) is 0 Å². The summed E-state index contributed by atoms with van der Waals surface area (Å²) in [6, 6.07) is 136. The van der Waals surface area contributed by atoms with Gasteiger partial charge in [0, 0.05) is 94.7 Å². The first-order valence-corrected chi connectivity index (χ1v) is 34.8. The number of rotatable bonds is 13. The van der Waals surface area contributed by atoms with Crippen LogP contribution >= 0.6 is 0 Å². The second-order valence-electron chi connectivity index (χ2n) is 26.4. The Labute approximate surface area is 588 Å². The minimum absolute atomic E-state index is 0.848. The average molecular weight is 1300 g/mol. The smallest absolute Gasteiger partial charge is 0.137 e. The first-order valence-electron chi connectivity index (χ1n) is 34.8. The Morgan fingerprint density at radius 3 is 1.02 bits per heavy atom. The number of anilines is 6. The van der Waals surface area contributed by atoms with Crippen molar-refractivity contribution in [1.82, 2.24) is 9.13 Å². The molecule has 0 saturated carbocycles. The fourth-order valence-corrected chi connectivity index (χ4v) is 15.6. The molecule has 0 unspecified atom stereocenters. The molecule has 478 valence electrons. The van der Waals surface area contributed by atoms with E-state index in [1.807, 2.05) is 24.3 Å². The van der Waals surface area contributed by atoms with E-state index in [0.29, 0.717) is 0 Å². The van der Waals surface area contributed by atoms with Crippen LogP contribution in [0.4, 0.5) is 34.1 Å². The van der Waals surface area contributed by atoms with E-state index in [9.17, 15) is 0 Å². The summed E-state index contributed by atoms with van der Waals surface area (Å²) in [6.45, 7) is 0. The SMILES string of the molecule is c1ccc(-c2ccc(N(c3ccc(-c4cccc(-n5c6ccccc6c6cc(-c7cccc(-c8ccc(N(c9ccc(-c%10cccc(-n%11c%12ccccc%12c%12ccccc%12%11)c%10)cc9)c9ccc%10c(c9)oc9ccccc9%10)cc8)c7)ccc65)c4)cc3)c3ccc4oc5ccccc5c4c3)cc2)cc1. The molecular formula is C96H62N4O2. The van der Waals surface area contributed by atoms with Gasteiger partial charge in [0.05, 0.1) is 22.1 Å². The second kappa shape index (κ2) is 24.1. The van der Waals surface area contributed by atoms with Gasteiger partial charge >= 0.3 is 0 Å². The van der Waals surface area contributed by atoms with Crippen molar-refractivity contribution in [3.63, 3.8) is 0 Å². The van der Waals surface area contributed by atoms with Crippen LogP contribution in [0.2, 0.25) is 0 Å². The van der Waals surface area contributed by atoms with E-state index in [1.165, 1.54) is 43.7 Å². The summed E-state index contributed by atoms with van der Waals surface area (Å²) >= 11 is 0. The van der Waals surface area contributed by atoms with E-state index >= 15 is 0 Å². The van der Waals surface area contributed by atoms with E-state index in [-0.39, 0.29) is 0 Å². The van der Waals surface area contributed by atoms with Crippen LogP contribution in [0, 0.1) is 0 Å². The molecule has 102 heavy (non-hydrogen) atoms. The number of furan rings is 2. The Morgan fingerprint density at radius 2 is 0.490 bits per heavy atom. The van der Waals surface area contributed by atoms with Gasteiger partial charge < -0.3 is 27.8 Å². The molecule has 4 aromatic heterocycles. The summed E-state index contributed by atoms with van der Waals surface area (Å²) in [4.78, 5) is 4.67. The maximum atomic E-state index is 6.52. The summed E-state index contributed by atoms with van der Waals surface area (Å²) in [5.41, 5.74) is 28.2. The first kappa shape index (κ1) is 58.5. The number of hydrogen-bond acceptors (Lipinski definition) is 4. The minimum Gasteiger partial charge on any atom is -0.456 e. The van der Waals surface area contributed by atoms with Crippen molar-refractivity contribution in [3.8, 4) is 67.0 Å². The van der Waals surface area contributed by atoms with Crippen molar-refractivity contribution >= 4 is 122 Å². The zero-order valence-corrected chi connectivity index (χ0v) is 55.4. The highest BCUT2D eigenvalue weighted by molar-refractivity contribution is 6.12. The monoisotopic (exact) mass is 1300 g/mol. The number of para-hydroxylation sites is 5. The Balaban J connectivity index is 0.604. The predicted molar refractivity (Wildman–Crippen MR) is 426 cm³/mol. The lowest BCUT2D eigenvalue weighted by Gasteiger charge is -2.26. The third kappa shape index (κ3) is 10.0. The Bertz CT molecular complexity index is 6560. The van der Waals surface area contributed by atoms with Gasteiger partial charge in [-0.1, -0.05) is 218 Å². The topological polar surface area (TPSA) is 42.6 Å². The summed E-state index contributed by atoms with van der Waals surface area (Å²) in [5.74, 6) is 0. The quantitative estimate of drug-likeness (QED) is 0.115. The van der Waals surface area contributed by atoms with Crippen LogP contribution in [0.15, 0.2) is 385 Å². The number of aromatic nitrogens is 2. The molecule has 0 N–H and O–H groups in total. The lowest BCUT2D eigenvalue weighted by molar-refractivity contribution is 0.668. The van der Waals surface area contributed by atoms with Crippen molar-refractivity contribution in [3.05, 3.63) is 376 Å². The second-order valence-corrected chi connectivity index (χ2v) is 26.4. The lowest BCUT2D eigenvalue weighted by Crippen LogP contribution is -2.09. The summed E-state index contributed by atoms with van der Waals surface area (Å²) in [6.07, 6.45) is 0. The van der Waals surface area contributed by atoms with Gasteiger partial charge in [-0.3, -0.25) is 0 Å². The van der Waals surface area contributed by atoms with Crippen molar-refractivity contribution < 1.29 is 8.83 Å². The Morgan fingerprint density at radius 1 is 0.167 bits per heavy atom. The lowest BCUT2D eigenvalue weighted by atomic mass is 9.97. The van der Waals surface area contributed by atoms with Gasteiger partial charge in [0.1, 0.15) is 22.3 Å². The van der Waals surface area contributed by atoms with E-state index in [0.717, 1.165) is 145 Å². The number of benzene rings is 16. The molecule has 0 bridgehead atoms. The fraction of sp³-hybridized carbons (Fsp3) is 0. The molecule has 0 saturated heterocycles. The normalized spacial score (nSPS) is 11.7.